The Morgan fingerprint density at radius 1 is 1.11 bits per heavy atom. The van der Waals surface area contributed by atoms with Crippen molar-refractivity contribution in [2.45, 2.75) is 69.0 Å². The van der Waals surface area contributed by atoms with Gasteiger partial charge in [-0.1, -0.05) is 48.0 Å². The summed E-state index contributed by atoms with van der Waals surface area (Å²) < 4.78 is 51.6. The van der Waals surface area contributed by atoms with Gasteiger partial charge in [-0.25, -0.2) is 13.2 Å². The Balaban J connectivity index is 1.13. The van der Waals surface area contributed by atoms with E-state index in [9.17, 15) is 18.8 Å². The van der Waals surface area contributed by atoms with Gasteiger partial charge in [-0.15, -0.1) is 0 Å². The SMILES string of the molecule is CC(/C=C/C(=O)N1CCN(c2nc(OC[C@@]34CCCN3C[C@H](F)C4)nc3c(F)c(-c4cccc5cccc(Cl)c45)ncc23)C[C@@H]1CC#N)N1CC[C@@H](F)C1. The molecule has 4 aliphatic rings. The van der Waals surface area contributed by atoms with Crippen molar-refractivity contribution in [3.63, 3.8) is 0 Å². The Kier molecular flexibility index (Phi) is 10.1. The number of likely N-dealkylation sites (tertiary alicyclic amines) is 1. The number of piperazine rings is 1. The van der Waals surface area contributed by atoms with Crippen LogP contribution in [0.5, 0.6) is 6.01 Å². The second-order valence-corrected chi connectivity index (χ2v) is 15.4. The van der Waals surface area contributed by atoms with Gasteiger partial charge in [-0.05, 0) is 44.2 Å². The maximum Gasteiger partial charge on any atom is 0.319 e. The van der Waals surface area contributed by atoms with Gasteiger partial charge in [0.05, 0.1) is 29.5 Å². The van der Waals surface area contributed by atoms with Crippen molar-refractivity contribution in [3.8, 4) is 23.3 Å². The Morgan fingerprint density at radius 2 is 1.94 bits per heavy atom. The molecule has 0 saturated carbocycles. The van der Waals surface area contributed by atoms with Crippen LogP contribution in [0.4, 0.5) is 19.0 Å². The van der Waals surface area contributed by atoms with E-state index in [1.807, 2.05) is 41.0 Å². The fraction of sp³-hybridized carbons (Fsp3) is 0.475. The molecule has 14 heteroatoms. The normalized spacial score (nSPS) is 25.5. The van der Waals surface area contributed by atoms with Gasteiger partial charge < -0.3 is 14.5 Å². The summed E-state index contributed by atoms with van der Waals surface area (Å²) in [5.74, 6) is -0.533. The minimum atomic E-state index is -0.947. The third-order valence-electron chi connectivity index (χ3n) is 11.6. The molecule has 4 aromatic rings. The number of alkyl halides is 2. The van der Waals surface area contributed by atoms with E-state index >= 15 is 4.39 Å². The second-order valence-electron chi connectivity index (χ2n) is 15.0. The molecule has 0 aliphatic carbocycles. The molecule has 0 bridgehead atoms. The first-order valence-corrected chi connectivity index (χ1v) is 19.1. The molecule has 0 N–H and O–H groups in total. The highest BCUT2D eigenvalue weighted by molar-refractivity contribution is 6.36. The second kappa shape index (κ2) is 15.0. The van der Waals surface area contributed by atoms with E-state index in [0.717, 1.165) is 24.8 Å². The molecule has 4 aliphatic heterocycles. The maximum atomic E-state index is 16.9. The van der Waals surface area contributed by atoms with Crippen LogP contribution < -0.4 is 9.64 Å². The Bertz CT molecular complexity index is 2140. The highest BCUT2D eigenvalue weighted by atomic mass is 35.5. The molecule has 10 nitrogen and oxygen atoms in total. The number of pyridine rings is 1. The molecule has 1 amide bonds. The number of amides is 1. The number of hydrogen-bond acceptors (Lipinski definition) is 9. The van der Waals surface area contributed by atoms with Crippen molar-refractivity contribution in [2.24, 2.45) is 0 Å². The summed E-state index contributed by atoms with van der Waals surface area (Å²) in [4.78, 5) is 35.3. The summed E-state index contributed by atoms with van der Waals surface area (Å²) in [6.45, 7) is 5.08. The van der Waals surface area contributed by atoms with Crippen molar-refractivity contribution in [1.29, 1.82) is 5.26 Å². The average molecular weight is 759 g/mol. The standard InChI is InChI=1S/C40H42ClF3N8O2/c1-25(49-16-12-27(42)21-49)9-10-33(53)52-18-17-50(23-29(52)11-14-45)38-31-20-46-36(30-7-2-5-26-6-3-8-32(41)34(26)30)35(44)37(31)47-39(48-38)54-24-40-13-4-15-51(40)22-28(43)19-40/h2-3,5-10,20,25,27-29H,4,11-13,15-19,21-24H2,1H3/b10-9+/t25?,27-,28-,29+,40+/m1/s1. The molecule has 2 aromatic carbocycles. The van der Waals surface area contributed by atoms with Gasteiger partial charge in [0.15, 0.2) is 5.82 Å². The van der Waals surface area contributed by atoms with Crippen LogP contribution in [0.15, 0.2) is 54.7 Å². The summed E-state index contributed by atoms with van der Waals surface area (Å²) in [5, 5.41) is 12.1. The third-order valence-corrected chi connectivity index (χ3v) is 11.9. The minimum Gasteiger partial charge on any atom is -0.461 e. The van der Waals surface area contributed by atoms with Gasteiger partial charge in [0, 0.05) is 80.0 Å². The van der Waals surface area contributed by atoms with Gasteiger partial charge in [-0.3, -0.25) is 19.6 Å². The van der Waals surface area contributed by atoms with E-state index in [4.69, 9.17) is 21.3 Å². The zero-order chi connectivity index (χ0) is 37.6. The largest absolute Gasteiger partial charge is 0.461 e. The quantitative estimate of drug-likeness (QED) is 0.177. The lowest BCUT2D eigenvalue weighted by Gasteiger charge is -2.41. The number of rotatable bonds is 9. The number of nitriles is 1. The molecule has 4 saturated heterocycles. The maximum absolute atomic E-state index is 16.9. The molecule has 0 spiro atoms. The zero-order valence-electron chi connectivity index (χ0n) is 30.1. The van der Waals surface area contributed by atoms with Crippen molar-refractivity contribution >= 4 is 45.0 Å². The lowest BCUT2D eigenvalue weighted by atomic mass is 9.95. The summed E-state index contributed by atoms with van der Waals surface area (Å²) in [6, 6.07) is 12.6. The van der Waals surface area contributed by atoms with Gasteiger partial charge >= 0.3 is 6.01 Å². The zero-order valence-corrected chi connectivity index (χ0v) is 30.9. The number of benzene rings is 2. The average Bonchev–Trinajstić information content (AvgIpc) is 3.86. The number of halogens is 4. The van der Waals surface area contributed by atoms with E-state index in [1.165, 1.54) is 6.08 Å². The van der Waals surface area contributed by atoms with Crippen molar-refractivity contribution in [2.75, 3.05) is 57.3 Å². The highest BCUT2D eigenvalue weighted by Crippen LogP contribution is 2.41. The predicted molar refractivity (Wildman–Crippen MR) is 201 cm³/mol. The molecule has 282 valence electrons. The van der Waals surface area contributed by atoms with Crippen LogP contribution in [0.2, 0.25) is 5.02 Å². The summed E-state index contributed by atoms with van der Waals surface area (Å²) in [6.07, 6.45) is 5.66. The first-order chi connectivity index (χ1) is 26.1. The lowest BCUT2D eigenvalue weighted by molar-refractivity contribution is -0.128. The van der Waals surface area contributed by atoms with E-state index < -0.39 is 29.7 Å². The number of carbonyl (C=O) groups is 1. The predicted octanol–water partition coefficient (Wildman–Crippen LogP) is 6.51. The fourth-order valence-corrected chi connectivity index (χ4v) is 9.11. The number of aromatic nitrogens is 3. The fourth-order valence-electron chi connectivity index (χ4n) is 8.82. The lowest BCUT2D eigenvalue weighted by Crippen LogP contribution is -2.55. The minimum absolute atomic E-state index is 0.00400. The Labute approximate surface area is 317 Å². The molecule has 4 fully saturated rings. The molecule has 8 rings (SSSR count). The van der Waals surface area contributed by atoms with Crippen LogP contribution in [-0.4, -0.2) is 118 Å². The third kappa shape index (κ3) is 6.84. The van der Waals surface area contributed by atoms with Crippen LogP contribution in [0.25, 0.3) is 32.9 Å². The first kappa shape index (κ1) is 36.5. The smallest absolute Gasteiger partial charge is 0.319 e. The number of ether oxygens (including phenoxy) is 1. The number of fused-ring (bicyclic) bond motifs is 3. The molecule has 0 radical (unpaired) electrons. The van der Waals surface area contributed by atoms with Gasteiger partial charge in [-0.2, -0.15) is 15.2 Å². The summed E-state index contributed by atoms with van der Waals surface area (Å²) >= 11 is 6.63. The molecular weight excluding hydrogens is 717 g/mol. The van der Waals surface area contributed by atoms with E-state index in [-0.39, 0.29) is 55.3 Å². The van der Waals surface area contributed by atoms with E-state index in [1.54, 1.807) is 29.3 Å². The van der Waals surface area contributed by atoms with Crippen LogP contribution >= 0.6 is 11.6 Å². The van der Waals surface area contributed by atoms with Crippen LogP contribution in [0, 0.1) is 17.1 Å². The van der Waals surface area contributed by atoms with Crippen LogP contribution in [0.1, 0.15) is 39.0 Å². The molecule has 5 atom stereocenters. The topological polar surface area (TPSA) is 102 Å². The number of carbonyl (C=O) groups excluding carboxylic acids is 1. The first-order valence-electron chi connectivity index (χ1n) is 18.7. The van der Waals surface area contributed by atoms with Gasteiger partial charge in [0.25, 0.3) is 0 Å². The van der Waals surface area contributed by atoms with Crippen LogP contribution in [-0.2, 0) is 4.79 Å². The van der Waals surface area contributed by atoms with Gasteiger partial charge in [0.2, 0.25) is 5.91 Å². The van der Waals surface area contributed by atoms with Crippen molar-refractivity contribution in [1.82, 2.24) is 29.7 Å². The van der Waals surface area contributed by atoms with Crippen molar-refractivity contribution < 1.29 is 22.7 Å². The number of nitrogens with zero attached hydrogens (tertiary/aromatic N) is 8. The molecule has 2 aromatic heterocycles. The Hall–Kier alpha value is -4.51. The van der Waals surface area contributed by atoms with E-state index in [2.05, 4.69) is 20.9 Å². The molecule has 54 heavy (non-hydrogen) atoms. The van der Waals surface area contributed by atoms with E-state index in [0.29, 0.717) is 66.2 Å². The molecule has 6 heterocycles. The number of hydrogen-bond donors (Lipinski definition) is 0. The number of anilines is 1. The Morgan fingerprint density at radius 3 is 2.74 bits per heavy atom. The van der Waals surface area contributed by atoms with Crippen LogP contribution in [0.3, 0.4) is 0 Å². The molecular formula is C40H42ClF3N8O2. The summed E-state index contributed by atoms with van der Waals surface area (Å²) in [5.41, 5.74) is 0.113. The molecule has 1 unspecified atom stereocenters. The van der Waals surface area contributed by atoms with Gasteiger partial charge in [0.1, 0.15) is 36.0 Å². The monoisotopic (exact) mass is 758 g/mol. The highest BCUT2D eigenvalue weighted by Gasteiger charge is 2.49. The summed E-state index contributed by atoms with van der Waals surface area (Å²) in [7, 11) is 0. The van der Waals surface area contributed by atoms with Crippen molar-refractivity contribution in [3.05, 3.63) is 65.6 Å².